The van der Waals surface area contributed by atoms with E-state index in [1.54, 1.807) is 10.9 Å². The number of rotatable bonds is 5. The summed E-state index contributed by atoms with van der Waals surface area (Å²) in [5, 5.41) is 0.558. The Bertz CT molecular complexity index is 1310. The summed E-state index contributed by atoms with van der Waals surface area (Å²) < 4.78 is 7.95. The van der Waals surface area contributed by atoms with Gasteiger partial charge in [-0.3, -0.25) is 9.36 Å². The first-order chi connectivity index (χ1) is 15.1. The van der Waals surface area contributed by atoms with Crippen LogP contribution in [0, 0.1) is 5.92 Å². The van der Waals surface area contributed by atoms with E-state index in [0.717, 1.165) is 41.6 Å². The smallest absolute Gasteiger partial charge is 0.265 e. The van der Waals surface area contributed by atoms with Gasteiger partial charge >= 0.3 is 0 Å². The lowest BCUT2D eigenvalue weighted by molar-refractivity contribution is 0.253. The first-order valence-corrected chi connectivity index (χ1v) is 11.1. The second kappa shape index (κ2) is 6.92. The zero-order valence-corrected chi connectivity index (χ0v) is 17.4. The van der Waals surface area contributed by atoms with Crippen LogP contribution in [0.5, 0.6) is 0 Å². The Morgan fingerprint density at radius 1 is 1.03 bits per heavy atom. The summed E-state index contributed by atoms with van der Waals surface area (Å²) in [4.78, 5) is 17.9. The maximum absolute atomic E-state index is 13.4. The fraction of sp³-hybridized carbons (Fsp3) is 0.308. The van der Waals surface area contributed by atoms with Crippen molar-refractivity contribution in [2.45, 2.75) is 44.2 Å². The van der Waals surface area contributed by atoms with E-state index in [4.69, 9.17) is 10.2 Å². The molecule has 2 N–H and O–H groups in total. The molecule has 0 saturated heterocycles. The van der Waals surface area contributed by atoms with Crippen molar-refractivity contribution >= 4 is 11.1 Å². The summed E-state index contributed by atoms with van der Waals surface area (Å²) >= 11 is 0. The molecule has 5 heteroatoms. The van der Waals surface area contributed by atoms with Crippen molar-refractivity contribution in [3.8, 4) is 22.5 Å². The largest absolute Gasteiger partial charge is 0.437 e. The van der Waals surface area contributed by atoms with Crippen LogP contribution in [0.4, 0.5) is 0 Å². The van der Waals surface area contributed by atoms with Crippen molar-refractivity contribution in [1.29, 1.82) is 0 Å². The topological polar surface area (TPSA) is 74.0 Å². The highest BCUT2D eigenvalue weighted by Crippen LogP contribution is 2.42. The van der Waals surface area contributed by atoms with Gasteiger partial charge in [0.1, 0.15) is 17.5 Å². The van der Waals surface area contributed by atoms with Crippen LogP contribution in [-0.4, -0.2) is 9.55 Å². The zero-order valence-electron chi connectivity index (χ0n) is 17.4. The van der Waals surface area contributed by atoms with E-state index in [1.807, 2.05) is 30.3 Å². The lowest BCUT2D eigenvalue weighted by Gasteiger charge is -2.38. The van der Waals surface area contributed by atoms with Gasteiger partial charge in [0.15, 0.2) is 0 Å². The predicted molar refractivity (Wildman–Crippen MR) is 122 cm³/mol. The molecule has 0 radical (unpaired) electrons. The van der Waals surface area contributed by atoms with Gasteiger partial charge in [0.25, 0.3) is 5.56 Å². The highest BCUT2D eigenvalue weighted by atomic mass is 16.3. The van der Waals surface area contributed by atoms with Crippen LogP contribution < -0.4 is 11.3 Å². The minimum absolute atomic E-state index is 0.0299. The number of fused-ring (bicyclic) bond motifs is 1. The molecule has 4 aromatic rings. The van der Waals surface area contributed by atoms with Gasteiger partial charge in [-0.15, -0.1) is 0 Å². The van der Waals surface area contributed by atoms with Crippen molar-refractivity contribution < 1.29 is 4.42 Å². The summed E-state index contributed by atoms with van der Waals surface area (Å²) in [5.74, 6) is 1.27. The van der Waals surface area contributed by atoms with E-state index in [9.17, 15) is 4.79 Å². The number of aromatic nitrogens is 2. The van der Waals surface area contributed by atoms with E-state index < -0.39 is 0 Å². The molecule has 2 heterocycles. The summed E-state index contributed by atoms with van der Waals surface area (Å²) in [5.41, 5.74) is 10.5. The van der Waals surface area contributed by atoms with E-state index >= 15 is 0 Å². The molecule has 2 fully saturated rings. The first-order valence-electron chi connectivity index (χ1n) is 11.1. The fourth-order valence-electron chi connectivity index (χ4n) is 4.62. The lowest BCUT2D eigenvalue weighted by atomic mass is 9.72. The average molecular weight is 412 g/mol. The molecule has 2 aliphatic rings. The fourth-order valence-corrected chi connectivity index (χ4v) is 4.62. The van der Waals surface area contributed by atoms with Crippen molar-refractivity contribution in [2.75, 3.05) is 0 Å². The molecular weight excluding hydrogens is 386 g/mol. The summed E-state index contributed by atoms with van der Waals surface area (Å²) in [6.07, 6.45) is 7.22. The van der Waals surface area contributed by atoms with Crippen molar-refractivity contribution in [3.05, 3.63) is 76.8 Å². The van der Waals surface area contributed by atoms with E-state index in [2.05, 4.69) is 29.2 Å². The Hall–Kier alpha value is -3.18. The van der Waals surface area contributed by atoms with Gasteiger partial charge in [0, 0.05) is 23.2 Å². The number of hydrogen-bond donors (Lipinski definition) is 1. The number of nitrogens with two attached hydrogens (primary N) is 1. The van der Waals surface area contributed by atoms with Crippen LogP contribution in [0.25, 0.3) is 33.6 Å². The number of nitrogens with zero attached hydrogens (tertiary/aromatic N) is 2. The van der Waals surface area contributed by atoms with Crippen LogP contribution in [-0.2, 0) is 12.1 Å². The Morgan fingerprint density at radius 3 is 2.42 bits per heavy atom. The highest BCUT2D eigenvalue weighted by molar-refractivity contribution is 5.99. The van der Waals surface area contributed by atoms with Crippen LogP contribution in [0.2, 0.25) is 0 Å². The third-order valence-electron chi connectivity index (χ3n) is 6.86. The molecule has 156 valence electrons. The van der Waals surface area contributed by atoms with Crippen LogP contribution >= 0.6 is 0 Å². The Morgan fingerprint density at radius 2 is 1.77 bits per heavy atom. The highest BCUT2D eigenvalue weighted by Gasteiger charge is 2.34. The zero-order chi connectivity index (χ0) is 21.0. The molecule has 2 saturated carbocycles. The maximum atomic E-state index is 13.4. The van der Waals surface area contributed by atoms with Crippen LogP contribution in [0.15, 0.2) is 70.1 Å². The molecular formula is C26H25N3O2. The van der Waals surface area contributed by atoms with E-state index in [-0.39, 0.29) is 11.1 Å². The molecule has 0 amide bonds. The molecule has 0 atom stereocenters. The minimum atomic E-state index is -0.202. The molecule has 31 heavy (non-hydrogen) atoms. The summed E-state index contributed by atoms with van der Waals surface area (Å²) in [7, 11) is 0. The van der Waals surface area contributed by atoms with E-state index in [0.29, 0.717) is 22.8 Å². The lowest BCUT2D eigenvalue weighted by Crippen LogP contribution is -2.43. The molecule has 2 aliphatic carbocycles. The van der Waals surface area contributed by atoms with Gasteiger partial charge in [-0.2, -0.15) is 0 Å². The molecule has 0 bridgehead atoms. The molecule has 0 spiro atoms. The Kier molecular flexibility index (Phi) is 4.15. The first kappa shape index (κ1) is 18.6. The van der Waals surface area contributed by atoms with Crippen molar-refractivity contribution in [3.63, 3.8) is 0 Å². The second-order valence-electron chi connectivity index (χ2n) is 9.08. The number of hydrogen-bond acceptors (Lipinski definition) is 4. The van der Waals surface area contributed by atoms with Crippen LogP contribution in [0.3, 0.4) is 0 Å². The van der Waals surface area contributed by atoms with Crippen molar-refractivity contribution in [1.82, 2.24) is 9.55 Å². The van der Waals surface area contributed by atoms with E-state index in [1.165, 1.54) is 19.3 Å². The maximum Gasteiger partial charge on any atom is 0.265 e. The van der Waals surface area contributed by atoms with Gasteiger partial charge in [-0.1, -0.05) is 54.6 Å². The minimum Gasteiger partial charge on any atom is -0.437 e. The summed E-state index contributed by atoms with van der Waals surface area (Å²) in [6.45, 7) is 0.726. The van der Waals surface area contributed by atoms with Gasteiger partial charge in [-0.25, -0.2) is 4.98 Å². The standard InChI is InChI=1S/C26H25N3O2/c27-26(13-4-14-26)20-11-9-19(10-12-20)23-21(18-5-2-1-3-6-18)22-24(31-23)28-16-29(25(22)30)15-17-7-8-17/h1-3,5-6,9-12,16-17H,4,7-8,13-15,27H2. The molecule has 5 nitrogen and oxygen atoms in total. The molecule has 2 aromatic carbocycles. The average Bonchev–Trinajstić information content (AvgIpc) is 3.51. The van der Waals surface area contributed by atoms with Gasteiger partial charge < -0.3 is 10.2 Å². The van der Waals surface area contributed by atoms with Gasteiger partial charge in [0.05, 0.1) is 0 Å². The van der Waals surface area contributed by atoms with Gasteiger partial charge in [0.2, 0.25) is 5.71 Å². The normalized spacial score (nSPS) is 17.6. The van der Waals surface area contributed by atoms with Crippen LogP contribution in [0.1, 0.15) is 37.7 Å². The number of furan rings is 1. The Balaban J connectivity index is 1.53. The quantitative estimate of drug-likeness (QED) is 0.497. The summed E-state index contributed by atoms with van der Waals surface area (Å²) in [6, 6.07) is 18.3. The third kappa shape index (κ3) is 3.12. The molecule has 0 unspecified atom stereocenters. The third-order valence-corrected chi connectivity index (χ3v) is 6.86. The number of benzene rings is 2. The molecule has 0 aliphatic heterocycles. The predicted octanol–water partition coefficient (Wildman–Crippen LogP) is 5.07. The monoisotopic (exact) mass is 411 g/mol. The van der Waals surface area contributed by atoms with Gasteiger partial charge in [-0.05, 0) is 49.1 Å². The SMILES string of the molecule is NC1(c2ccc(-c3oc4ncn(CC5CC5)c(=O)c4c3-c3ccccc3)cc2)CCC1. The van der Waals surface area contributed by atoms with Crippen molar-refractivity contribution in [2.24, 2.45) is 11.7 Å². The second-order valence-corrected chi connectivity index (χ2v) is 9.08. The molecule has 6 rings (SSSR count). The molecule has 2 aromatic heterocycles. The Labute approximate surface area is 180 Å².